The number of amides is 2. The number of carbonyl (C=O) groups excluding carboxylic acids is 2. The second-order valence-electron chi connectivity index (χ2n) is 6.79. The number of guanidine groups is 1. The average molecular weight is 413 g/mol. The van der Waals surface area contributed by atoms with Crippen LogP contribution in [0, 0.1) is 0 Å². The number of aromatic hydroxyl groups is 1. The van der Waals surface area contributed by atoms with Crippen molar-refractivity contribution in [1.29, 1.82) is 0 Å². The molecule has 2 heterocycles. The van der Waals surface area contributed by atoms with Gasteiger partial charge in [-0.25, -0.2) is 0 Å². The van der Waals surface area contributed by atoms with Crippen molar-refractivity contribution in [3.8, 4) is 5.75 Å². The predicted octanol–water partition coefficient (Wildman–Crippen LogP) is 1.14. The monoisotopic (exact) mass is 413 g/mol. The van der Waals surface area contributed by atoms with E-state index in [1.165, 1.54) is 18.4 Å². The minimum absolute atomic E-state index is 0.0986. The third-order valence-electron chi connectivity index (χ3n) is 4.72. The van der Waals surface area contributed by atoms with E-state index < -0.39 is 0 Å². The molecule has 3 N–H and O–H groups in total. The fourth-order valence-corrected chi connectivity index (χ4v) is 3.15. The van der Waals surface area contributed by atoms with Crippen molar-refractivity contribution in [1.82, 2.24) is 20.4 Å². The highest BCUT2D eigenvalue weighted by atomic mass is 16.3. The summed E-state index contributed by atoms with van der Waals surface area (Å²) in [5, 5.41) is 15.4. The number of benzene rings is 1. The van der Waals surface area contributed by atoms with E-state index in [0.29, 0.717) is 50.6 Å². The molecule has 0 aliphatic carbocycles. The minimum Gasteiger partial charge on any atom is -0.508 e. The molecule has 1 aliphatic rings. The number of phenolic OH excluding ortho intramolecular Hbond substituents is 1. The Morgan fingerprint density at radius 3 is 2.40 bits per heavy atom. The quantitative estimate of drug-likeness (QED) is 0.372. The standard InChI is InChI=1S/C21H27N5O4/c1-2-22-21(24-10-9-23-19(28)16-5-7-17(27)8-6-16)26-13-11-25(12-14-26)20(29)18-4-3-15-30-18/h3-8,15,27H,2,9-14H2,1H3,(H,22,24)(H,23,28). The Balaban J connectivity index is 1.48. The van der Waals surface area contributed by atoms with Gasteiger partial charge in [0.1, 0.15) is 5.75 Å². The zero-order valence-corrected chi connectivity index (χ0v) is 17.0. The summed E-state index contributed by atoms with van der Waals surface area (Å²) in [4.78, 5) is 33.0. The minimum atomic E-state index is -0.208. The summed E-state index contributed by atoms with van der Waals surface area (Å²) in [6.45, 7) is 6.05. The molecule has 9 heteroatoms. The van der Waals surface area contributed by atoms with Gasteiger partial charge in [-0.1, -0.05) is 0 Å². The van der Waals surface area contributed by atoms with Gasteiger partial charge in [-0.3, -0.25) is 14.6 Å². The van der Waals surface area contributed by atoms with Crippen molar-refractivity contribution in [2.24, 2.45) is 4.99 Å². The average Bonchev–Trinajstić information content (AvgIpc) is 3.31. The van der Waals surface area contributed by atoms with Gasteiger partial charge in [0.05, 0.1) is 12.8 Å². The fraction of sp³-hybridized carbons (Fsp3) is 0.381. The Hall–Kier alpha value is -3.49. The van der Waals surface area contributed by atoms with Crippen LogP contribution < -0.4 is 10.6 Å². The molecule has 30 heavy (non-hydrogen) atoms. The highest BCUT2D eigenvalue weighted by molar-refractivity contribution is 5.94. The summed E-state index contributed by atoms with van der Waals surface area (Å²) in [7, 11) is 0. The molecule has 2 amide bonds. The molecule has 1 aromatic heterocycles. The van der Waals surface area contributed by atoms with E-state index in [0.717, 1.165) is 12.5 Å². The Morgan fingerprint density at radius 2 is 1.77 bits per heavy atom. The maximum atomic E-state index is 12.4. The second-order valence-corrected chi connectivity index (χ2v) is 6.79. The Kier molecular flexibility index (Phi) is 7.31. The van der Waals surface area contributed by atoms with Gasteiger partial charge in [0, 0.05) is 44.8 Å². The molecule has 3 rings (SSSR count). The topological polar surface area (TPSA) is 110 Å². The molecule has 0 unspecified atom stereocenters. The molecule has 0 bridgehead atoms. The molecule has 1 saturated heterocycles. The summed E-state index contributed by atoms with van der Waals surface area (Å²) in [5.41, 5.74) is 0.487. The Labute approximate surface area is 175 Å². The lowest BCUT2D eigenvalue weighted by Crippen LogP contribution is -2.53. The van der Waals surface area contributed by atoms with Crippen LogP contribution in [-0.4, -0.2) is 78.5 Å². The van der Waals surface area contributed by atoms with E-state index in [9.17, 15) is 14.7 Å². The van der Waals surface area contributed by atoms with Gasteiger partial charge >= 0.3 is 0 Å². The number of piperazine rings is 1. The van der Waals surface area contributed by atoms with Crippen LogP contribution in [0.1, 0.15) is 27.8 Å². The number of hydrogen-bond donors (Lipinski definition) is 3. The molecule has 1 aliphatic heterocycles. The van der Waals surface area contributed by atoms with Crippen LogP contribution in [0.5, 0.6) is 5.75 Å². The SMILES string of the molecule is CCNC(=NCCNC(=O)c1ccc(O)cc1)N1CCN(C(=O)c2ccco2)CC1. The van der Waals surface area contributed by atoms with Crippen molar-refractivity contribution in [2.45, 2.75) is 6.92 Å². The van der Waals surface area contributed by atoms with Crippen LogP contribution in [0.15, 0.2) is 52.1 Å². The van der Waals surface area contributed by atoms with Crippen molar-refractivity contribution >= 4 is 17.8 Å². The van der Waals surface area contributed by atoms with Gasteiger partial charge in [-0.2, -0.15) is 0 Å². The summed E-state index contributed by atoms with van der Waals surface area (Å²) >= 11 is 0. The van der Waals surface area contributed by atoms with Crippen molar-refractivity contribution in [2.75, 3.05) is 45.8 Å². The molecule has 160 valence electrons. The third kappa shape index (κ3) is 5.53. The van der Waals surface area contributed by atoms with E-state index in [1.807, 2.05) is 6.92 Å². The molecule has 0 saturated carbocycles. The van der Waals surface area contributed by atoms with Crippen LogP contribution in [0.3, 0.4) is 0 Å². The number of nitrogens with zero attached hydrogens (tertiary/aromatic N) is 3. The maximum absolute atomic E-state index is 12.4. The highest BCUT2D eigenvalue weighted by Crippen LogP contribution is 2.10. The molecule has 1 aromatic carbocycles. The Morgan fingerprint density at radius 1 is 1.07 bits per heavy atom. The molecule has 0 radical (unpaired) electrons. The van der Waals surface area contributed by atoms with Gasteiger partial charge in [-0.05, 0) is 43.3 Å². The lowest BCUT2D eigenvalue weighted by molar-refractivity contribution is 0.0657. The fourth-order valence-electron chi connectivity index (χ4n) is 3.15. The molecular formula is C21H27N5O4. The number of carbonyl (C=O) groups is 2. The summed E-state index contributed by atoms with van der Waals surface area (Å²) in [6.07, 6.45) is 1.50. The summed E-state index contributed by atoms with van der Waals surface area (Å²) in [5.74, 6) is 0.936. The van der Waals surface area contributed by atoms with E-state index in [4.69, 9.17) is 4.42 Å². The van der Waals surface area contributed by atoms with Crippen molar-refractivity contribution in [3.05, 3.63) is 54.0 Å². The first-order valence-electron chi connectivity index (χ1n) is 10.0. The predicted molar refractivity (Wildman–Crippen MR) is 113 cm³/mol. The van der Waals surface area contributed by atoms with Gasteiger partial charge in [-0.15, -0.1) is 0 Å². The zero-order chi connectivity index (χ0) is 21.3. The lowest BCUT2D eigenvalue weighted by atomic mass is 10.2. The number of nitrogens with one attached hydrogen (secondary N) is 2. The second kappa shape index (κ2) is 10.3. The highest BCUT2D eigenvalue weighted by Gasteiger charge is 2.25. The molecule has 1 fully saturated rings. The number of rotatable bonds is 6. The van der Waals surface area contributed by atoms with Crippen molar-refractivity contribution in [3.63, 3.8) is 0 Å². The van der Waals surface area contributed by atoms with Crippen molar-refractivity contribution < 1.29 is 19.1 Å². The van der Waals surface area contributed by atoms with Crippen LogP contribution in [-0.2, 0) is 0 Å². The number of phenols is 1. The molecular weight excluding hydrogens is 386 g/mol. The lowest BCUT2D eigenvalue weighted by Gasteiger charge is -2.36. The smallest absolute Gasteiger partial charge is 0.289 e. The summed E-state index contributed by atoms with van der Waals surface area (Å²) < 4.78 is 5.20. The summed E-state index contributed by atoms with van der Waals surface area (Å²) in [6, 6.07) is 9.48. The Bertz CT molecular complexity index is 856. The van der Waals surface area contributed by atoms with Gasteiger partial charge < -0.3 is 30.0 Å². The van der Waals surface area contributed by atoms with Crippen LogP contribution in [0.25, 0.3) is 0 Å². The van der Waals surface area contributed by atoms with Crippen LogP contribution in [0.4, 0.5) is 0 Å². The van der Waals surface area contributed by atoms with E-state index >= 15 is 0 Å². The van der Waals surface area contributed by atoms with Gasteiger partial charge in [0.2, 0.25) is 0 Å². The number of hydrogen-bond acceptors (Lipinski definition) is 5. The molecule has 0 atom stereocenters. The van der Waals surface area contributed by atoms with Crippen LogP contribution in [0.2, 0.25) is 0 Å². The van der Waals surface area contributed by atoms with E-state index in [1.54, 1.807) is 29.2 Å². The largest absolute Gasteiger partial charge is 0.508 e. The van der Waals surface area contributed by atoms with Gasteiger partial charge in [0.15, 0.2) is 11.7 Å². The normalized spacial score (nSPS) is 14.5. The maximum Gasteiger partial charge on any atom is 0.289 e. The first kappa shape index (κ1) is 21.2. The third-order valence-corrected chi connectivity index (χ3v) is 4.72. The molecule has 2 aromatic rings. The molecule has 0 spiro atoms. The van der Waals surface area contributed by atoms with E-state index in [-0.39, 0.29) is 17.6 Å². The first-order chi connectivity index (χ1) is 14.6. The van der Waals surface area contributed by atoms with E-state index in [2.05, 4.69) is 20.5 Å². The number of furan rings is 1. The van der Waals surface area contributed by atoms with Gasteiger partial charge in [0.25, 0.3) is 11.8 Å². The number of aliphatic imine (C=N–C) groups is 1. The first-order valence-corrected chi connectivity index (χ1v) is 10.0. The molecule has 9 nitrogen and oxygen atoms in total. The zero-order valence-electron chi connectivity index (χ0n) is 17.0. The van der Waals surface area contributed by atoms with Crippen LogP contribution >= 0.6 is 0 Å².